The predicted octanol–water partition coefficient (Wildman–Crippen LogP) is 1.84. The molecular weight excluding hydrogens is 345 g/mol. The van der Waals surface area contributed by atoms with Gasteiger partial charge in [-0.25, -0.2) is 0 Å². The smallest absolute Gasteiger partial charge is 0.475 e. The van der Waals surface area contributed by atoms with E-state index >= 15 is 0 Å². The first-order chi connectivity index (χ1) is 13.0. The van der Waals surface area contributed by atoms with Crippen molar-refractivity contribution in [3.8, 4) is 11.5 Å². The van der Waals surface area contributed by atoms with Crippen LogP contribution in [0.2, 0.25) is 0 Å². The molecular formula is C20H26BNO5. The first-order valence-corrected chi connectivity index (χ1v) is 8.94. The maximum absolute atomic E-state index is 12.2. The lowest BCUT2D eigenvalue weighted by Crippen LogP contribution is -2.48. The first kappa shape index (κ1) is 20.8. The molecule has 2 rings (SSSR count). The van der Waals surface area contributed by atoms with Crippen molar-refractivity contribution in [3.63, 3.8) is 0 Å². The van der Waals surface area contributed by atoms with E-state index in [9.17, 15) is 14.8 Å². The van der Waals surface area contributed by atoms with Gasteiger partial charge in [0, 0.05) is 0 Å². The van der Waals surface area contributed by atoms with Crippen molar-refractivity contribution in [1.82, 2.24) is 5.32 Å². The molecule has 2 atom stereocenters. The third kappa shape index (κ3) is 7.33. The average molecular weight is 371 g/mol. The standard InChI is InChI=1S/C20H26BNO5/c1-15(14-27-18-6-4-3-5-7-18)12-19(21(24)25)22-20(23)13-16-8-10-17(26-2)11-9-16/h3-11,15,19,24-25H,12-14H2,1-2H3,(H,22,23)/t15-,19?/m0/s1. The molecule has 0 aromatic heterocycles. The summed E-state index contributed by atoms with van der Waals surface area (Å²) in [6.45, 7) is 2.36. The van der Waals surface area contributed by atoms with Crippen LogP contribution in [0.4, 0.5) is 0 Å². The fourth-order valence-corrected chi connectivity index (χ4v) is 2.70. The number of para-hydroxylation sites is 1. The summed E-state index contributed by atoms with van der Waals surface area (Å²) in [6, 6.07) is 16.6. The van der Waals surface area contributed by atoms with Gasteiger partial charge < -0.3 is 24.8 Å². The normalized spacial score (nSPS) is 12.7. The van der Waals surface area contributed by atoms with Crippen molar-refractivity contribution < 1.29 is 24.3 Å². The Morgan fingerprint density at radius 1 is 1.07 bits per heavy atom. The molecule has 1 amide bonds. The maximum Gasteiger partial charge on any atom is 0.475 e. The summed E-state index contributed by atoms with van der Waals surface area (Å²) in [6.07, 6.45) is 0.543. The Hall–Kier alpha value is -2.51. The predicted molar refractivity (Wildman–Crippen MR) is 105 cm³/mol. The van der Waals surface area contributed by atoms with Crippen molar-refractivity contribution in [2.24, 2.45) is 5.92 Å². The first-order valence-electron chi connectivity index (χ1n) is 8.94. The van der Waals surface area contributed by atoms with E-state index in [2.05, 4.69) is 5.32 Å². The van der Waals surface area contributed by atoms with Crippen LogP contribution < -0.4 is 14.8 Å². The van der Waals surface area contributed by atoms with E-state index in [0.29, 0.717) is 13.0 Å². The lowest BCUT2D eigenvalue weighted by molar-refractivity contribution is -0.120. The molecule has 1 unspecified atom stereocenters. The van der Waals surface area contributed by atoms with E-state index in [0.717, 1.165) is 17.1 Å². The lowest BCUT2D eigenvalue weighted by atomic mass is 9.74. The quantitative estimate of drug-likeness (QED) is 0.555. The highest BCUT2D eigenvalue weighted by Gasteiger charge is 2.27. The average Bonchev–Trinajstić information content (AvgIpc) is 2.67. The zero-order valence-corrected chi connectivity index (χ0v) is 15.7. The number of methoxy groups -OCH3 is 1. The Morgan fingerprint density at radius 3 is 2.33 bits per heavy atom. The van der Waals surface area contributed by atoms with Gasteiger partial charge in [0.2, 0.25) is 5.91 Å². The molecule has 0 heterocycles. The minimum Gasteiger partial charge on any atom is -0.497 e. The van der Waals surface area contributed by atoms with Crippen molar-refractivity contribution in [2.75, 3.05) is 13.7 Å². The van der Waals surface area contributed by atoms with Gasteiger partial charge in [0.05, 0.1) is 26.1 Å². The van der Waals surface area contributed by atoms with Gasteiger partial charge in [-0.1, -0.05) is 37.3 Å². The van der Waals surface area contributed by atoms with Gasteiger partial charge in [-0.15, -0.1) is 0 Å². The van der Waals surface area contributed by atoms with Gasteiger partial charge >= 0.3 is 7.12 Å². The van der Waals surface area contributed by atoms with Gasteiger partial charge in [0.15, 0.2) is 0 Å². The summed E-state index contributed by atoms with van der Waals surface area (Å²) in [7, 11) is -0.0542. The van der Waals surface area contributed by atoms with E-state index < -0.39 is 13.1 Å². The molecule has 0 aliphatic rings. The highest BCUT2D eigenvalue weighted by Crippen LogP contribution is 2.14. The lowest BCUT2D eigenvalue weighted by Gasteiger charge is -2.22. The fraction of sp³-hybridized carbons (Fsp3) is 0.350. The summed E-state index contributed by atoms with van der Waals surface area (Å²) in [5.74, 6) is 0.474. The molecule has 144 valence electrons. The molecule has 2 aromatic rings. The Morgan fingerprint density at radius 2 is 1.74 bits per heavy atom. The fourth-order valence-electron chi connectivity index (χ4n) is 2.70. The summed E-state index contributed by atoms with van der Waals surface area (Å²) >= 11 is 0. The van der Waals surface area contributed by atoms with Gasteiger partial charge in [-0.05, 0) is 42.2 Å². The Bertz CT molecular complexity index is 693. The molecule has 27 heavy (non-hydrogen) atoms. The Balaban J connectivity index is 1.83. The monoisotopic (exact) mass is 371 g/mol. The molecule has 0 aliphatic carbocycles. The van der Waals surface area contributed by atoms with E-state index in [1.807, 2.05) is 37.3 Å². The van der Waals surface area contributed by atoms with Crippen molar-refractivity contribution in [1.29, 1.82) is 0 Å². The Kier molecular flexibility index (Phi) is 8.16. The molecule has 2 aromatic carbocycles. The second-order valence-corrected chi connectivity index (χ2v) is 6.58. The largest absolute Gasteiger partial charge is 0.497 e. The summed E-state index contributed by atoms with van der Waals surface area (Å²) in [5.41, 5.74) is 0.819. The third-order valence-electron chi connectivity index (χ3n) is 4.16. The van der Waals surface area contributed by atoms with Crippen LogP contribution in [0.15, 0.2) is 54.6 Å². The number of rotatable bonds is 10. The van der Waals surface area contributed by atoms with Gasteiger partial charge in [0.1, 0.15) is 11.5 Å². The van der Waals surface area contributed by atoms with Gasteiger partial charge in [-0.2, -0.15) is 0 Å². The number of amides is 1. The van der Waals surface area contributed by atoms with Crippen LogP contribution >= 0.6 is 0 Å². The van der Waals surface area contributed by atoms with E-state index in [1.165, 1.54) is 0 Å². The van der Waals surface area contributed by atoms with Gasteiger partial charge in [-0.3, -0.25) is 4.79 Å². The molecule has 0 saturated heterocycles. The molecule has 7 heteroatoms. The SMILES string of the molecule is COc1ccc(CC(=O)NC(C[C@H](C)COc2ccccc2)B(O)O)cc1. The number of hydrogen-bond donors (Lipinski definition) is 3. The molecule has 0 fully saturated rings. The molecule has 0 radical (unpaired) electrons. The molecule has 3 N–H and O–H groups in total. The highest BCUT2D eigenvalue weighted by molar-refractivity contribution is 6.43. The number of nitrogens with one attached hydrogen (secondary N) is 1. The van der Waals surface area contributed by atoms with Crippen LogP contribution in [-0.2, 0) is 11.2 Å². The third-order valence-corrected chi connectivity index (χ3v) is 4.16. The highest BCUT2D eigenvalue weighted by atomic mass is 16.5. The molecule has 6 nitrogen and oxygen atoms in total. The van der Waals surface area contributed by atoms with Crippen LogP contribution in [0, 0.1) is 5.92 Å². The van der Waals surface area contributed by atoms with Crippen LogP contribution in [0.25, 0.3) is 0 Å². The van der Waals surface area contributed by atoms with E-state index in [1.54, 1.807) is 31.4 Å². The van der Waals surface area contributed by atoms with Crippen LogP contribution in [0.1, 0.15) is 18.9 Å². The molecule has 0 spiro atoms. The minimum atomic E-state index is -1.64. The van der Waals surface area contributed by atoms with E-state index in [4.69, 9.17) is 9.47 Å². The zero-order chi connectivity index (χ0) is 19.6. The second-order valence-electron chi connectivity index (χ2n) is 6.58. The number of ether oxygens (including phenoxy) is 2. The van der Waals surface area contributed by atoms with Crippen LogP contribution in [-0.4, -0.2) is 42.7 Å². The maximum atomic E-state index is 12.2. The zero-order valence-electron chi connectivity index (χ0n) is 15.7. The molecule has 0 aliphatic heterocycles. The second kappa shape index (κ2) is 10.6. The summed E-state index contributed by atoms with van der Waals surface area (Å²) < 4.78 is 10.8. The van der Waals surface area contributed by atoms with Crippen LogP contribution in [0.5, 0.6) is 11.5 Å². The summed E-state index contributed by atoms with van der Waals surface area (Å²) in [5, 5.41) is 21.9. The molecule has 0 saturated carbocycles. The van der Waals surface area contributed by atoms with Crippen LogP contribution in [0.3, 0.4) is 0 Å². The van der Waals surface area contributed by atoms with E-state index in [-0.39, 0.29) is 18.2 Å². The Labute approximate surface area is 160 Å². The van der Waals surface area contributed by atoms with Gasteiger partial charge in [0.25, 0.3) is 0 Å². The molecule has 0 bridgehead atoms. The van der Waals surface area contributed by atoms with Crippen molar-refractivity contribution in [2.45, 2.75) is 25.7 Å². The topological polar surface area (TPSA) is 88.0 Å². The van der Waals surface area contributed by atoms with Crippen molar-refractivity contribution in [3.05, 3.63) is 60.2 Å². The number of carbonyl (C=O) groups is 1. The number of carbonyl (C=O) groups excluding carboxylic acids is 1. The number of hydrogen-bond acceptors (Lipinski definition) is 5. The van der Waals surface area contributed by atoms with Crippen molar-refractivity contribution >= 4 is 13.0 Å². The summed E-state index contributed by atoms with van der Waals surface area (Å²) in [4.78, 5) is 12.2. The minimum absolute atomic E-state index is 0.0262. The number of benzene rings is 2.